The first-order chi connectivity index (χ1) is 9.63. The number of amides is 3. The third-order valence-electron chi connectivity index (χ3n) is 2.93. The fraction of sp³-hybridized carbons (Fsp3) is 0.308. The molecule has 3 rings (SSSR count). The van der Waals surface area contributed by atoms with Crippen LogP contribution in [0.3, 0.4) is 0 Å². The SMILES string of the molecule is O=C(CN1C(=O)S/C(=C\c2cccs2)C1=O)NC1CC1. The summed E-state index contributed by atoms with van der Waals surface area (Å²) in [6.45, 7) is -0.192. The Balaban J connectivity index is 1.68. The van der Waals surface area contributed by atoms with Gasteiger partial charge in [0, 0.05) is 10.9 Å². The molecule has 1 aliphatic carbocycles. The molecule has 104 valence electrons. The fourth-order valence-corrected chi connectivity index (χ4v) is 3.34. The van der Waals surface area contributed by atoms with E-state index in [0.29, 0.717) is 4.91 Å². The molecule has 3 amide bonds. The molecule has 1 N–H and O–H groups in total. The lowest BCUT2D eigenvalue weighted by atomic mass is 10.3. The van der Waals surface area contributed by atoms with E-state index in [1.807, 2.05) is 17.5 Å². The van der Waals surface area contributed by atoms with Crippen molar-refractivity contribution in [1.82, 2.24) is 10.2 Å². The summed E-state index contributed by atoms with van der Waals surface area (Å²) in [5, 5.41) is 4.29. The van der Waals surface area contributed by atoms with Gasteiger partial charge in [0.1, 0.15) is 6.54 Å². The predicted molar refractivity (Wildman–Crippen MR) is 78.2 cm³/mol. The molecule has 2 fully saturated rings. The maximum Gasteiger partial charge on any atom is 0.294 e. The van der Waals surface area contributed by atoms with E-state index in [9.17, 15) is 14.4 Å². The van der Waals surface area contributed by atoms with Crippen molar-refractivity contribution in [2.75, 3.05) is 6.54 Å². The van der Waals surface area contributed by atoms with Crippen molar-refractivity contribution in [2.24, 2.45) is 0 Å². The monoisotopic (exact) mass is 308 g/mol. The summed E-state index contributed by atoms with van der Waals surface area (Å²) < 4.78 is 0. The van der Waals surface area contributed by atoms with E-state index in [4.69, 9.17) is 0 Å². The Morgan fingerprint density at radius 1 is 1.45 bits per heavy atom. The van der Waals surface area contributed by atoms with Crippen molar-refractivity contribution >= 4 is 46.2 Å². The minimum atomic E-state index is -0.389. The highest BCUT2D eigenvalue weighted by Gasteiger charge is 2.37. The molecule has 0 atom stereocenters. The van der Waals surface area contributed by atoms with Crippen LogP contribution in [0.4, 0.5) is 4.79 Å². The normalized spacial score (nSPS) is 20.8. The molecular formula is C13H12N2O3S2. The van der Waals surface area contributed by atoms with E-state index in [2.05, 4.69) is 5.32 Å². The molecule has 1 aromatic heterocycles. The molecule has 0 unspecified atom stereocenters. The molecule has 2 heterocycles. The minimum Gasteiger partial charge on any atom is -0.352 e. The van der Waals surface area contributed by atoms with Crippen molar-refractivity contribution in [3.8, 4) is 0 Å². The molecule has 1 aliphatic heterocycles. The van der Waals surface area contributed by atoms with Crippen molar-refractivity contribution < 1.29 is 14.4 Å². The quantitative estimate of drug-likeness (QED) is 0.865. The highest BCUT2D eigenvalue weighted by atomic mass is 32.2. The number of carbonyl (C=O) groups excluding carboxylic acids is 3. The van der Waals surface area contributed by atoms with E-state index >= 15 is 0 Å². The maximum absolute atomic E-state index is 12.1. The number of nitrogens with zero attached hydrogens (tertiary/aromatic N) is 1. The van der Waals surface area contributed by atoms with Crippen LogP contribution in [0.15, 0.2) is 22.4 Å². The van der Waals surface area contributed by atoms with E-state index in [1.54, 1.807) is 6.08 Å². The van der Waals surface area contributed by atoms with Crippen LogP contribution in [0, 0.1) is 0 Å². The Kier molecular flexibility index (Phi) is 3.62. The predicted octanol–water partition coefficient (Wildman–Crippen LogP) is 2.06. The van der Waals surface area contributed by atoms with E-state index in [1.165, 1.54) is 11.3 Å². The Morgan fingerprint density at radius 2 is 2.25 bits per heavy atom. The smallest absolute Gasteiger partial charge is 0.294 e. The van der Waals surface area contributed by atoms with Gasteiger partial charge in [0.05, 0.1) is 4.91 Å². The van der Waals surface area contributed by atoms with Crippen molar-refractivity contribution in [2.45, 2.75) is 18.9 Å². The minimum absolute atomic E-state index is 0.192. The van der Waals surface area contributed by atoms with Gasteiger partial charge in [-0.05, 0) is 42.1 Å². The van der Waals surface area contributed by atoms with E-state index < -0.39 is 0 Å². The number of thiophene rings is 1. The lowest BCUT2D eigenvalue weighted by Gasteiger charge is -2.11. The summed E-state index contributed by atoms with van der Waals surface area (Å²) in [7, 11) is 0. The van der Waals surface area contributed by atoms with Gasteiger partial charge in [0.25, 0.3) is 11.1 Å². The Morgan fingerprint density at radius 3 is 2.90 bits per heavy atom. The number of hydrogen-bond acceptors (Lipinski definition) is 5. The number of hydrogen-bond donors (Lipinski definition) is 1. The number of rotatable bonds is 4. The first kappa shape index (κ1) is 13.4. The zero-order chi connectivity index (χ0) is 14.1. The molecule has 20 heavy (non-hydrogen) atoms. The fourth-order valence-electron chi connectivity index (χ4n) is 1.78. The van der Waals surface area contributed by atoms with Gasteiger partial charge >= 0.3 is 0 Å². The third-order valence-corrected chi connectivity index (χ3v) is 4.66. The molecule has 0 radical (unpaired) electrons. The van der Waals surface area contributed by atoms with Crippen molar-refractivity contribution in [3.05, 3.63) is 27.3 Å². The Labute approximate surface area is 124 Å². The molecule has 1 saturated carbocycles. The first-order valence-corrected chi connectivity index (χ1v) is 7.91. The van der Waals surface area contributed by atoms with Crippen LogP contribution in [-0.4, -0.2) is 34.5 Å². The van der Waals surface area contributed by atoms with Gasteiger partial charge in [-0.2, -0.15) is 0 Å². The van der Waals surface area contributed by atoms with Crippen LogP contribution in [0.2, 0.25) is 0 Å². The Hall–Kier alpha value is -1.60. The zero-order valence-electron chi connectivity index (χ0n) is 10.5. The van der Waals surface area contributed by atoms with Gasteiger partial charge in [-0.25, -0.2) is 0 Å². The highest BCUT2D eigenvalue weighted by molar-refractivity contribution is 8.18. The number of nitrogens with one attached hydrogen (secondary N) is 1. The summed E-state index contributed by atoms with van der Waals surface area (Å²) in [4.78, 5) is 37.9. The maximum atomic E-state index is 12.1. The average Bonchev–Trinajstić information content (AvgIpc) is 2.99. The standard InChI is InChI=1S/C13H12N2O3S2/c16-11(14-8-3-4-8)7-15-12(17)10(20-13(15)18)6-9-2-1-5-19-9/h1-2,5-6,8H,3-4,7H2,(H,14,16)/b10-6-. The van der Waals surface area contributed by atoms with Crippen LogP contribution in [0.25, 0.3) is 6.08 Å². The van der Waals surface area contributed by atoms with Crippen LogP contribution in [0.1, 0.15) is 17.7 Å². The van der Waals surface area contributed by atoms with Gasteiger partial charge in [0.2, 0.25) is 5.91 Å². The van der Waals surface area contributed by atoms with E-state index in [0.717, 1.165) is 34.4 Å². The largest absolute Gasteiger partial charge is 0.352 e. The van der Waals surface area contributed by atoms with Crippen LogP contribution < -0.4 is 5.32 Å². The molecule has 0 spiro atoms. The summed E-state index contributed by atoms with van der Waals surface area (Å²) >= 11 is 2.38. The van der Waals surface area contributed by atoms with Crippen LogP contribution in [0.5, 0.6) is 0 Å². The molecule has 1 aromatic rings. The molecule has 5 nitrogen and oxygen atoms in total. The van der Waals surface area contributed by atoms with Crippen molar-refractivity contribution in [3.63, 3.8) is 0 Å². The summed E-state index contributed by atoms with van der Waals surface area (Å²) in [5.74, 6) is -0.661. The molecule has 2 aliphatic rings. The van der Waals surface area contributed by atoms with Crippen LogP contribution in [-0.2, 0) is 9.59 Å². The second-order valence-corrected chi connectivity index (χ2v) is 6.60. The van der Waals surface area contributed by atoms with Gasteiger partial charge in [-0.15, -0.1) is 11.3 Å². The first-order valence-electron chi connectivity index (χ1n) is 6.22. The lowest BCUT2D eigenvalue weighted by molar-refractivity contribution is -0.129. The molecule has 0 bridgehead atoms. The number of carbonyl (C=O) groups is 3. The molecule has 1 saturated heterocycles. The van der Waals surface area contributed by atoms with Gasteiger partial charge in [0.15, 0.2) is 0 Å². The highest BCUT2D eigenvalue weighted by Crippen LogP contribution is 2.32. The summed E-state index contributed by atoms with van der Waals surface area (Å²) in [6.07, 6.45) is 3.65. The zero-order valence-corrected chi connectivity index (χ0v) is 12.1. The Bertz CT molecular complexity index is 591. The molecule has 7 heteroatoms. The number of imide groups is 1. The molecular weight excluding hydrogens is 296 g/mol. The second kappa shape index (κ2) is 5.41. The number of thioether (sulfide) groups is 1. The topological polar surface area (TPSA) is 66.5 Å². The molecule has 0 aromatic carbocycles. The van der Waals surface area contributed by atoms with E-state index in [-0.39, 0.29) is 29.6 Å². The third kappa shape index (κ3) is 2.94. The van der Waals surface area contributed by atoms with Crippen LogP contribution >= 0.6 is 23.1 Å². The van der Waals surface area contributed by atoms with Crippen molar-refractivity contribution in [1.29, 1.82) is 0 Å². The lowest BCUT2D eigenvalue weighted by Crippen LogP contribution is -2.40. The van der Waals surface area contributed by atoms with Gasteiger partial charge in [-0.3, -0.25) is 19.3 Å². The second-order valence-electron chi connectivity index (χ2n) is 4.63. The summed E-state index contributed by atoms with van der Waals surface area (Å²) in [6, 6.07) is 3.98. The van der Waals surface area contributed by atoms with Gasteiger partial charge in [-0.1, -0.05) is 6.07 Å². The summed E-state index contributed by atoms with van der Waals surface area (Å²) in [5.41, 5.74) is 0. The average molecular weight is 308 g/mol. The van der Waals surface area contributed by atoms with Gasteiger partial charge < -0.3 is 5.32 Å².